The molecule has 0 radical (unpaired) electrons. The molecule has 0 aliphatic heterocycles. The van der Waals surface area contributed by atoms with Crippen molar-refractivity contribution in [1.82, 2.24) is 0 Å². The summed E-state index contributed by atoms with van der Waals surface area (Å²) < 4.78 is 1.59. The molecule has 2 aromatic rings. The predicted molar refractivity (Wildman–Crippen MR) is 97.2 cm³/mol. The van der Waals surface area contributed by atoms with Gasteiger partial charge >= 0.3 is 129 Å². The van der Waals surface area contributed by atoms with Gasteiger partial charge in [0.1, 0.15) is 0 Å². The molecule has 2 aromatic carbocycles. The molecule has 2 rings (SSSR count). The van der Waals surface area contributed by atoms with Gasteiger partial charge in [-0.3, -0.25) is 0 Å². The number of rotatable bonds is 1. The third-order valence-corrected chi connectivity index (χ3v) is 9.96. The normalized spacial score (nSPS) is 12.1. The molecule has 0 unspecified atom stereocenters. The molecule has 0 saturated carbocycles. The summed E-state index contributed by atoms with van der Waals surface area (Å²) in [5, 5.41) is 2.76. The van der Waals surface area contributed by atoms with E-state index in [4.69, 9.17) is 0 Å². The van der Waals surface area contributed by atoms with Crippen LogP contribution in [0.5, 0.6) is 0 Å². The van der Waals surface area contributed by atoms with E-state index in [0.717, 1.165) is 0 Å². The first-order chi connectivity index (χ1) is 9.18. The van der Waals surface area contributed by atoms with Gasteiger partial charge in [-0.25, -0.2) is 0 Å². The number of fused-ring (bicyclic) bond motifs is 1. The van der Waals surface area contributed by atoms with Gasteiger partial charge in [0, 0.05) is 0 Å². The maximum atomic E-state index is 3.52. The van der Waals surface area contributed by atoms with E-state index < -0.39 is 26.5 Å². The summed E-state index contributed by atoms with van der Waals surface area (Å²) in [5.74, 6) is 3.49. The summed E-state index contributed by atoms with van der Waals surface area (Å²) in [6, 6.07) is 13.3. The van der Waals surface area contributed by atoms with E-state index in [9.17, 15) is 0 Å². The summed E-state index contributed by atoms with van der Waals surface area (Å²) in [6.45, 7) is 6.90. The van der Waals surface area contributed by atoms with Gasteiger partial charge in [-0.15, -0.1) is 0 Å². The minimum absolute atomic E-state index is 1.23. The Hall–Kier alpha value is -0.724. The molecular weight excluding hydrogens is 363 g/mol. The van der Waals surface area contributed by atoms with E-state index in [2.05, 4.69) is 82.3 Å². The van der Waals surface area contributed by atoms with Crippen LogP contribution in [0.3, 0.4) is 0 Å². The molecule has 0 spiro atoms. The van der Waals surface area contributed by atoms with Gasteiger partial charge in [-0.05, 0) is 0 Å². The number of hydrogen-bond donors (Lipinski definition) is 0. The van der Waals surface area contributed by atoms with Crippen molar-refractivity contribution in [2.45, 2.75) is 34.5 Å². The molecule has 104 valence electrons. The van der Waals surface area contributed by atoms with E-state index in [1.807, 2.05) is 0 Å². The van der Waals surface area contributed by atoms with Crippen LogP contribution in [0.4, 0.5) is 0 Å². The van der Waals surface area contributed by atoms with E-state index in [1.165, 1.54) is 16.3 Å². The number of hydrogen-bond acceptors (Lipinski definition) is 0. The van der Waals surface area contributed by atoms with Crippen molar-refractivity contribution < 1.29 is 0 Å². The van der Waals surface area contributed by atoms with Crippen LogP contribution in [0, 0.1) is 11.5 Å². The summed E-state index contributed by atoms with van der Waals surface area (Å²) in [4.78, 5) is 7.44. The van der Waals surface area contributed by atoms with Crippen LogP contribution in [0.25, 0.3) is 10.8 Å². The molecular formula is C18H24SiSn. The third kappa shape index (κ3) is 3.68. The summed E-state index contributed by atoms with van der Waals surface area (Å²) in [6.07, 6.45) is 0. The number of benzene rings is 2. The average molecular weight is 387 g/mol. The van der Waals surface area contributed by atoms with Crippen molar-refractivity contribution in [2.24, 2.45) is 0 Å². The van der Waals surface area contributed by atoms with Crippen molar-refractivity contribution in [3.05, 3.63) is 42.0 Å². The van der Waals surface area contributed by atoms with Gasteiger partial charge in [0.15, 0.2) is 0 Å². The second-order valence-electron chi connectivity index (χ2n) is 7.46. The molecule has 0 aliphatic carbocycles. The second-order valence-corrected chi connectivity index (χ2v) is 26.6. The predicted octanol–water partition coefficient (Wildman–Crippen LogP) is 4.61. The molecule has 0 amide bonds. The van der Waals surface area contributed by atoms with Crippen molar-refractivity contribution in [3.63, 3.8) is 0 Å². The Morgan fingerprint density at radius 1 is 0.900 bits per heavy atom. The molecule has 0 fully saturated rings. The first-order valence-electron chi connectivity index (χ1n) is 7.24. The van der Waals surface area contributed by atoms with Crippen LogP contribution in [0.2, 0.25) is 34.5 Å². The third-order valence-electron chi connectivity index (χ3n) is 3.28. The Morgan fingerprint density at radius 3 is 2.05 bits per heavy atom. The zero-order valence-electron chi connectivity index (χ0n) is 13.5. The zero-order valence-corrected chi connectivity index (χ0v) is 17.3. The van der Waals surface area contributed by atoms with Crippen LogP contribution in [-0.4, -0.2) is 26.5 Å². The molecule has 0 nitrogen and oxygen atoms in total. The first kappa shape index (κ1) is 15.7. The fourth-order valence-electron chi connectivity index (χ4n) is 2.32. The quantitative estimate of drug-likeness (QED) is 0.495. The Kier molecular flexibility index (Phi) is 4.37. The second kappa shape index (κ2) is 5.58. The van der Waals surface area contributed by atoms with Crippen LogP contribution >= 0.6 is 0 Å². The van der Waals surface area contributed by atoms with E-state index in [1.54, 1.807) is 3.58 Å². The fraction of sp³-hybridized carbons (Fsp3) is 0.333. The van der Waals surface area contributed by atoms with Gasteiger partial charge in [-0.1, -0.05) is 0 Å². The van der Waals surface area contributed by atoms with Crippen LogP contribution in [0.15, 0.2) is 36.4 Å². The van der Waals surface area contributed by atoms with Crippen LogP contribution < -0.4 is 3.58 Å². The zero-order chi connectivity index (χ0) is 15.0. The van der Waals surface area contributed by atoms with Crippen LogP contribution in [0.1, 0.15) is 5.56 Å². The van der Waals surface area contributed by atoms with Crippen LogP contribution in [-0.2, 0) is 0 Å². The van der Waals surface area contributed by atoms with Gasteiger partial charge in [0.05, 0.1) is 0 Å². The molecule has 0 aromatic heterocycles. The molecule has 0 aliphatic rings. The molecule has 0 bridgehead atoms. The fourth-order valence-corrected chi connectivity index (χ4v) is 7.47. The van der Waals surface area contributed by atoms with E-state index in [0.29, 0.717) is 0 Å². The van der Waals surface area contributed by atoms with E-state index >= 15 is 0 Å². The molecule has 2 heteroatoms. The van der Waals surface area contributed by atoms with Gasteiger partial charge in [0.2, 0.25) is 0 Å². The Balaban J connectivity index is 2.75. The SMILES string of the molecule is C[Si](C)(C)C#Cc1cccc2ccc[c]([Sn]([CH3])([CH3])[CH3])c12. The Bertz CT molecular complexity index is 686. The molecule has 0 heterocycles. The van der Waals surface area contributed by atoms with Gasteiger partial charge in [0.25, 0.3) is 0 Å². The van der Waals surface area contributed by atoms with Crippen molar-refractivity contribution >= 4 is 40.8 Å². The first-order valence-corrected chi connectivity index (χ1v) is 20.7. The average Bonchev–Trinajstić information content (AvgIpc) is 2.33. The standard InChI is InChI=1S/C15H15Si.3CH3.Sn/c1-16(2,3)12-11-14-9-6-8-13-7-4-5-10-15(13)14;;;;/h4-9H,1-3H3;3*1H3;. The van der Waals surface area contributed by atoms with Crippen molar-refractivity contribution in [3.8, 4) is 11.5 Å². The topological polar surface area (TPSA) is 0 Å². The molecule has 0 N–H and O–H groups in total. The maximum absolute atomic E-state index is 3.52. The van der Waals surface area contributed by atoms with Crippen molar-refractivity contribution in [2.75, 3.05) is 0 Å². The molecule has 0 atom stereocenters. The summed E-state index contributed by atoms with van der Waals surface area (Å²) >= 11 is -2.13. The minimum atomic E-state index is -2.13. The molecule has 20 heavy (non-hydrogen) atoms. The molecule has 0 saturated heterocycles. The monoisotopic (exact) mass is 388 g/mol. The Morgan fingerprint density at radius 2 is 1.50 bits per heavy atom. The summed E-state index contributed by atoms with van der Waals surface area (Å²) in [5.41, 5.74) is 4.75. The van der Waals surface area contributed by atoms with Gasteiger partial charge in [-0.2, -0.15) is 0 Å². The Labute approximate surface area is 128 Å². The van der Waals surface area contributed by atoms with Gasteiger partial charge < -0.3 is 0 Å². The van der Waals surface area contributed by atoms with E-state index in [-0.39, 0.29) is 0 Å². The summed E-state index contributed by atoms with van der Waals surface area (Å²) in [7, 11) is -1.33. The van der Waals surface area contributed by atoms with Crippen molar-refractivity contribution in [1.29, 1.82) is 0 Å².